The summed E-state index contributed by atoms with van der Waals surface area (Å²) in [5.74, 6) is 0. The van der Waals surface area contributed by atoms with E-state index in [1.165, 1.54) is 0 Å². The molecule has 3 heteroatoms. The van der Waals surface area contributed by atoms with Gasteiger partial charge in [-0.05, 0) is 17.7 Å². The minimum absolute atomic E-state index is 0.603. The SMILES string of the molecule is O=Cc1ccc(-c2ccc(Cl)cc2Cl)cc1. The first kappa shape index (κ1) is 11.2. The van der Waals surface area contributed by atoms with Crippen LogP contribution in [0.25, 0.3) is 11.1 Å². The molecule has 0 amide bonds. The van der Waals surface area contributed by atoms with Crippen LogP contribution in [0.2, 0.25) is 10.0 Å². The van der Waals surface area contributed by atoms with Crippen molar-refractivity contribution >= 4 is 29.5 Å². The maximum atomic E-state index is 10.5. The van der Waals surface area contributed by atoms with E-state index in [-0.39, 0.29) is 0 Å². The molecular formula is C13H8Cl2O. The van der Waals surface area contributed by atoms with Crippen LogP contribution in [0.1, 0.15) is 10.4 Å². The van der Waals surface area contributed by atoms with Gasteiger partial charge >= 0.3 is 0 Å². The number of benzene rings is 2. The fourth-order valence-corrected chi connectivity index (χ4v) is 1.98. The molecule has 0 aliphatic rings. The van der Waals surface area contributed by atoms with Crippen molar-refractivity contribution in [2.75, 3.05) is 0 Å². The van der Waals surface area contributed by atoms with Gasteiger partial charge in [0, 0.05) is 21.2 Å². The topological polar surface area (TPSA) is 17.1 Å². The summed E-state index contributed by atoms with van der Waals surface area (Å²) in [5.41, 5.74) is 2.52. The summed E-state index contributed by atoms with van der Waals surface area (Å²) >= 11 is 11.9. The van der Waals surface area contributed by atoms with Crippen molar-refractivity contribution < 1.29 is 4.79 Å². The van der Waals surface area contributed by atoms with Crippen molar-refractivity contribution in [1.82, 2.24) is 0 Å². The van der Waals surface area contributed by atoms with E-state index < -0.39 is 0 Å². The summed E-state index contributed by atoms with van der Waals surface area (Å²) in [4.78, 5) is 10.5. The van der Waals surface area contributed by atoms with Crippen molar-refractivity contribution in [3.8, 4) is 11.1 Å². The Hall–Kier alpha value is -1.31. The molecule has 0 aliphatic carbocycles. The first-order valence-electron chi connectivity index (χ1n) is 4.71. The van der Waals surface area contributed by atoms with E-state index in [2.05, 4.69) is 0 Å². The van der Waals surface area contributed by atoms with Gasteiger partial charge < -0.3 is 0 Å². The van der Waals surface area contributed by atoms with Crippen LogP contribution in [0.5, 0.6) is 0 Å². The van der Waals surface area contributed by atoms with Gasteiger partial charge in [-0.3, -0.25) is 4.79 Å². The Morgan fingerprint density at radius 1 is 0.938 bits per heavy atom. The Balaban J connectivity index is 2.46. The van der Waals surface area contributed by atoms with Crippen molar-refractivity contribution in [3.05, 3.63) is 58.1 Å². The van der Waals surface area contributed by atoms with E-state index in [1.807, 2.05) is 18.2 Å². The van der Waals surface area contributed by atoms with Gasteiger partial charge in [-0.25, -0.2) is 0 Å². The molecule has 0 fully saturated rings. The Kier molecular flexibility index (Phi) is 3.28. The molecule has 2 rings (SSSR count). The number of hydrogen-bond donors (Lipinski definition) is 0. The third kappa shape index (κ3) is 2.26. The Morgan fingerprint density at radius 3 is 2.19 bits per heavy atom. The molecule has 16 heavy (non-hydrogen) atoms. The molecule has 0 N–H and O–H groups in total. The molecule has 0 saturated carbocycles. The Morgan fingerprint density at radius 2 is 1.62 bits per heavy atom. The van der Waals surface area contributed by atoms with Gasteiger partial charge in [0.05, 0.1) is 0 Å². The largest absolute Gasteiger partial charge is 0.298 e. The maximum Gasteiger partial charge on any atom is 0.150 e. The summed E-state index contributed by atoms with van der Waals surface area (Å²) in [6.07, 6.45) is 0.813. The zero-order valence-electron chi connectivity index (χ0n) is 8.28. The van der Waals surface area contributed by atoms with E-state index in [1.54, 1.807) is 24.3 Å². The second-order valence-corrected chi connectivity index (χ2v) is 4.21. The highest BCUT2D eigenvalue weighted by Crippen LogP contribution is 2.30. The molecule has 0 atom stereocenters. The minimum Gasteiger partial charge on any atom is -0.298 e. The molecular weight excluding hydrogens is 243 g/mol. The van der Waals surface area contributed by atoms with Gasteiger partial charge in [-0.2, -0.15) is 0 Å². The van der Waals surface area contributed by atoms with E-state index in [9.17, 15) is 4.79 Å². The number of halogens is 2. The fourth-order valence-electron chi connectivity index (χ4n) is 1.46. The molecule has 80 valence electrons. The van der Waals surface area contributed by atoms with Crippen LogP contribution in [0.15, 0.2) is 42.5 Å². The lowest BCUT2D eigenvalue weighted by molar-refractivity contribution is 0.112. The predicted molar refractivity (Wildman–Crippen MR) is 67.3 cm³/mol. The van der Waals surface area contributed by atoms with Crippen LogP contribution in [-0.4, -0.2) is 6.29 Å². The molecule has 0 radical (unpaired) electrons. The van der Waals surface area contributed by atoms with Crippen LogP contribution < -0.4 is 0 Å². The van der Waals surface area contributed by atoms with Crippen LogP contribution in [0.3, 0.4) is 0 Å². The molecule has 2 aromatic carbocycles. The first-order chi connectivity index (χ1) is 7.70. The second kappa shape index (κ2) is 4.69. The molecule has 0 heterocycles. The van der Waals surface area contributed by atoms with Crippen LogP contribution in [0, 0.1) is 0 Å². The molecule has 2 aromatic rings. The quantitative estimate of drug-likeness (QED) is 0.719. The maximum absolute atomic E-state index is 10.5. The van der Waals surface area contributed by atoms with Gasteiger partial charge in [-0.15, -0.1) is 0 Å². The lowest BCUT2D eigenvalue weighted by atomic mass is 10.0. The standard InChI is InChI=1S/C13H8Cl2O/c14-11-5-6-12(13(15)7-11)10-3-1-9(8-16)2-4-10/h1-8H. The van der Waals surface area contributed by atoms with Gasteiger partial charge in [-0.1, -0.05) is 53.5 Å². The number of carbonyl (C=O) groups is 1. The molecule has 0 saturated heterocycles. The van der Waals surface area contributed by atoms with Crippen molar-refractivity contribution in [2.45, 2.75) is 0 Å². The van der Waals surface area contributed by atoms with E-state index in [4.69, 9.17) is 23.2 Å². The zero-order valence-corrected chi connectivity index (χ0v) is 9.79. The molecule has 0 aliphatic heterocycles. The first-order valence-corrected chi connectivity index (χ1v) is 5.47. The van der Waals surface area contributed by atoms with Crippen molar-refractivity contribution in [2.24, 2.45) is 0 Å². The number of hydrogen-bond acceptors (Lipinski definition) is 1. The van der Waals surface area contributed by atoms with Crippen molar-refractivity contribution in [3.63, 3.8) is 0 Å². The molecule has 0 spiro atoms. The molecule has 0 unspecified atom stereocenters. The smallest absolute Gasteiger partial charge is 0.150 e. The van der Waals surface area contributed by atoms with Gasteiger partial charge in [0.15, 0.2) is 0 Å². The fraction of sp³-hybridized carbons (Fsp3) is 0. The lowest BCUT2D eigenvalue weighted by Gasteiger charge is -2.04. The Bertz CT molecular complexity index is 518. The van der Waals surface area contributed by atoms with Crippen LogP contribution in [0.4, 0.5) is 0 Å². The highest BCUT2D eigenvalue weighted by molar-refractivity contribution is 6.36. The van der Waals surface area contributed by atoms with Gasteiger partial charge in [0.25, 0.3) is 0 Å². The molecule has 0 bridgehead atoms. The number of rotatable bonds is 2. The summed E-state index contributed by atoms with van der Waals surface area (Å²) in [6, 6.07) is 12.6. The number of carbonyl (C=O) groups excluding carboxylic acids is 1. The summed E-state index contributed by atoms with van der Waals surface area (Å²) in [5, 5.41) is 1.21. The zero-order chi connectivity index (χ0) is 11.5. The van der Waals surface area contributed by atoms with Crippen LogP contribution in [-0.2, 0) is 0 Å². The number of aldehydes is 1. The van der Waals surface area contributed by atoms with Gasteiger partial charge in [0.2, 0.25) is 0 Å². The Labute approximate surface area is 104 Å². The van der Waals surface area contributed by atoms with Crippen LogP contribution >= 0.6 is 23.2 Å². The highest BCUT2D eigenvalue weighted by Gasteiger charge is 2.03. The van der Waals surface area contributed by atoms with E-state index in [0.29, 0.717) is 15.6 Å². The normalized spacial score (nSPS) is 10.1. The average molecular weight is 251 g/mol. The summed E-state index contributed by atoms with van der Waals surface area (Å²) in [7, 11) is 0. The second-order valence-electron chi connectivity index (χ2n) is 3.36. The third-order valence-electron chi connectivity index (χ3n) is 2.29. The highest BCUT2D eigenvalue weighted by atomic mass is 35.5. The monoisotopic (exact) mass is 250 g/mol. The van der Waals surface area contributed by atoms with Gasteiger partial charge in [0.1, 0.15) is 6.29 Å². The van der Waals surface area contributed by atoms with E-state index in [0.717, 1.165) is 17.4 Å². The third-order valence-corrected chi connectivity index (χ3v) is 2.84. The van der Waals surface area contributed by atoms with E-state index >= 15 is 0 Å². The summed E-state index contributed by atoms with van der Waals surface area (Å²) < 4.78 is 0. The van der Waals surface area contributed by atoms with Crippen molar-refractivity contribution in [1.29, 1.82) is 0 Å². The average Bonchev–Trinajstić information content (AvgIpc) is 2.29. The molecule has 0 aromatic heterocycles. The summed E-state index contributed by atoms with van der Waals surface area (Å²) in [6.45, 7) is 0. The molecule has 1 nitrogen and oxygen atoms in total. The minimum atomic E-state index is 0.603. The predicted octanol–water partition coefficient (Wildman–Crippen LogP) is 4.47. The lowest BCUT2D eigenvalue weighted by Crippen LogP contribution is -1.82.